The summed E-state index contributed by atoms with van der Waals surface area (Å²) in [6.45, 7) is 1.81. The fourth-order valence-corrected chi connectivity index (χ4v) is 2.39. The van der Waals surface area contributed by atoms with Gasteiger partial charge < -0.3 is 10.3 Å². The molecule has 2 heterocycles. The highest BCUT2D eigenvalue weighted by Crippen LogP contribution is 2.24. The number of rotatable bonds is 1. The van der Waals surface area contributed by atoms with Gasteiger partial charge in [-0.3, -0.25) is 9.78 Å². The monoisotopic (exact) mass is 273 g/mol. The molecule has 1 aliphatic heterocycles. The van der Waals surface area contributed by atoms with E-state index in [0.717, 1.165) is 25.9 Å². The van der Waals surface area contributed by atoms with Crippen LogP contribution in [-0.2, 0) is 0 Å². The first kappa shape index (κ1) is 10.6. The number of hydrogen-bond donors (Lipinski definition) is 3. The molecule has 1 fully saturated rings. The molecule has 1 unspecified atom stereocenters. The van der Waals surface area contributed by atoms with Gasteiger partial charge in [0.05, 0.1) is 0 Å². The quantitative estimate of drug-likeness (QED) is 0.689. The highest BCUT2D eigenvalue weighted by molar-refractivity contribution is 9.10. The Morgan fingerprint density at radius 1 is 1.27 bits per heavy atom. The lowest BCUT2D eigenvalue weighted by atomic mass is 9.96. The average molecular weight is 274 g/mol. The van der Waals surface area contributed by atoms with Gasteiger partial charge in [0, 0.05) is 18.2 Å². The molecule has 5 nitrogen and oxygen atoms in total. The molecule has 2 rings (SSSR count). The molecule has 15 heavy (non-hydrogen) atoms. The van der Waals surface area contributed by atoms with Gasteiger partial charge in [0.15, 0.2) is 0 Å². The van der Waals surface area contributed by atoms with Gasteiger partial charge in [-0.05, 0) is 35.3 Å². The van der Waals surface area contributed by atoms with E-state index < -0.39 is 5.69 Å². The third kappa shape index (κ3) is 2.21. The topological polar surface area (TPSA) is 77.8 Å². The molecule has 0 saturated carbocycles. The molecule has 3 N–H and O–H groups in total. The Hall–Kier alpha value is -0.880. The molecule has 0 bridgehead atoms. The van der Waals surface area contributed by atoms with Gasteiger partial charge in [0.1, 0.15) is 4.47 Å². The molecule has 82 valence electrons. The lowest BCUT2D eigenvalue weighted by Crippen LogP contribution is -2.33. The maximum atomic E-state index is 11.4. The first-order valence-corrected chi connectivity index (χ1v) is 5.70. The summed E-state index contributed by atoms with van der Waals surface area (Å²) in [6, 6.07) is 0. The zero-order valence-corrected chi connectivity index (χ0v) is 9.69. The molecule has 1 aliphatic rings. The van der Waals surface area contributed by atoms with Crippen molar-refractivity contribution in [1.29, 1.82) is 0 Å². The van der Waals surface area contributed by atoms with Crippen molar-refractivity contribution in [1.82, 2.24) is 15.3 Å². The van der Waals surface area contributed by atoms with Crippen molar-refractivity contribution >= 4 is 15.9 Å². The highest BCUT2D eigenvalue weighted by Gasteiger charge is 2.19. The van der Waals surface area contributed by atoms with Crippen LogP contribution in [0.15, 0.2) is 14.1 Å². The van der Waals surface area contributed by atoms with Crippen molar-refractivity contribution < 1.29 is 0 Å². The number of nitrogens with one attached hydrogen (secondary N) is 3. The molecule has 0 amide bonds. The third-order valence-electron chi connectivity index (χ3n) is 2.62. The van der Waals surface area contributed by atoms with Gasteiger partial charge in [-0.15, -0.1) is 0 Å². The second kappa shape index (κ2) is 4.32. The first-order chi connectivity index (χ1) is 7.18. The summed E-state index contributed by atoms with van der Waals surface area (Å²) in [5.74, 6) is 0.211. The highest BCUT2D eigenvalue weighted by atomic mass is 79.9. The number of aromatic nitrogens is 2. The van der Waals surface area contributed by atoms with E-state index >= 15 is 0 Å². The summed E-state index contributed by atoms with van der Waals surface area (Å²) in [5, 5.41) is 3.24. The van der Waals surface area contributed by atoms with E-state index in [1.165, 1.54) is 0 Å². The Labute approximate surface area is 94.4 Å². The van der Waals surface area contributed by atoms with Gasteiger partial charge in [-0.2, -0.15) is 0 Å². The minimum absolute atomic E-state index is 0.211. The molecular formula is C9H12BrN3O2. The molecule has 0 radical (unpaired) electrons. The Morgan fingerprint density at radius 2 is 2.07 bits per heavy atom. The van der Waals surface area contributed by atoms with E-state index in [1.807, 2.05) is 0 Å². The van der Waals surface area contributed by atoms with Crippen LogP contribution in [0.5, 0.6) is 0 Å². The molecular weight excluding hydrogens is 262 g/mol. The van der Waals surface area contributed by atoms with Crippen molar-refractivity contribution in [3.05, 3.63) is 31.0 Å². The summed E-state index contributed by atoms with van der Waals surface area (Å²) in [6.07, 6.45) is 2.05. The summed E-state index contributed by atoms with van der Waals surface area (Å²) >= 11 is 3.21. The van der Waals surface area contributed by atoms with Crippen LogP contribution in [0.3, 0.4) is 0 Å². The Balaban J connectivity index is 2.42. The summed E-state index contributed by atoms with van der Waals surface area (Å²) in [5.41, 5.74) is -0.0981. The van der Waals surface area contributed by atoms with E-state index in [2.05, 4.69) is 31.2 Å². The summed E-state index contributed by atoms with van der Waals surface area (Å²) in [7, 11) is 0. The van der Waals surface area contributed by atoms with Gasteiger partial charge in [-0.25, -0.2) is 4.79 Å². The van der Waals surface area contributed by atoms with Crippen molar-refractivity contribution in [3.8, 4) is 0 Å². The van der Waals surface area contributed by atoms with Crippen LogP contribution < -0.4 is 16.6 Å². The maximum Gasteiger partial charge on any atom is 0.325 e. The average Bonchev–Trinajstić information content (AvgIpc) is 2.24. The van der Waals surface area contributed by atoms with E-state index in [1.54, 1.807) is 0 Å². The van der Waals surface area contributed by atoms with Crippen molar-refractivity contribution in [2.45, 2.75) is 18.8 Å². The largest absolute Gasteiger partial charge is 0.325 e. The van der Waals surface area contributed by atoms with Crippen LogP contribution in [0.2, 0.25) is 0 Å². The Morgan fingerprint density at radius 3 is 2.73 bits per heavy atom. The fraction of sp³-hybridized carbons (Fsp3) is 0.556. The zero-order valence-electron chi connectivity index (χ0n) is 8.10. The second-order valence-corrected chi connectivity index (χ2v) is 4.47. The maximum absolute atomic E-state index is 11.4. The summed E-state index contributed by atoms with van der Waals surface area (Å²) < 4.78 is 0.441. The van der Waals surface area contributed by atoms with Gasteiger partial charge in [0.25, 0.3) is 5.56 Å². The fourth-order valence-electron chi connectivity index (χ4n) is 1.87. The minimum atomic E-state index is -0.441. The molecule has 1 aromatic heterocycles. The van der Waals surface area contributed by atoms with Crippen molar-refractivity contribution in [2.24, 2.45) is 0 Å². The lowest BCUT2D eigenvalue weighted by Gasteiger charge is -2.22. The van der Waals surface area contributed by atoms with Crippen LogP contribution in [-0.4, -0.2) is 23.1 Å². The lowest BCUT2D eigenvalue weighted by molar-refractivity contribution is 0.451. The van der Waals surface area contributed by atoms with Crippen LogP contribution in [0.4, 0.5) is 0 Å². The molecule has 0 aliphatic carbocycles. The van der Waals surface area contributed by atoms with Crippen LogP contribution in [0.25, 0.3) is 0 Å². The number of hydrogen-bond acceptors (Lipinski definition) is 3. The molecule has 1 aromatic rings. The van der Waals surface area contributed by atoms with E-state index in [4.69, 9.17) is 0 Å². The van der Waals surface area contributed by atoms with Crippen LogP contribution in [0.1, 0.15) is 24.5 Å². The number of halogens is 1. The van der Waals surface area contributed by atoms with Crippen molar-refractivity contribution in [3.63, 3.8) is 0 Å². The van der Waals surface area contributed by atoms with Gasteiger partial charge in [-0.1, -0.05) is 0 Å². The molecule has 0 spiro atoms. The standard InChI is InChI=1S/C9H12BrN3O2/c10-6-7(5-2-1-3-11-4-5)12-9(15)13-8(6)14/h5,11H,1-4H2,(H2,12,13,14,15). The summed E-state index contributed by atoms with van der Waals surface area (Å²) in [4.78, 5) is 27.4. The SMILES string of the molecule is O=c1[nH]c(C2CCCNC2)c(Br)c(=O)[nH]1. The molecule has 6 heteroatoms. The second-order valence-electron chi connectivity index (χ2n) is 3.68. The Bertz CT molecular complexity index is 459. The Kier molecular flexibility index (Phi) is 3.06. The van der Waals surface area contributed by atoms with Gasteiger partial charge >= 0.3 is 5.69 Å². The van der Waals surface area contributed by atoms with Crippen LogP contribution >= 0.6 is 15.9 Å². The normalized spacial score (nSPS) is 21.5. The third-order valence-corrected chi connectivity index (χ3v) is 3.40. The van der Waals surface area contributed by atoms with Crippen molar-refractivity contribution in [2.75, 3.05) is 13.1 Å². The number of aromatic amines is 2. The minimum Gasteiger partial charge on any atom is -0.316 e. The molecule has 1 atom stereocenters. The van der Waals surface area contributed by atoms with E-state index in [-0.39, 0.29) is 11.5 Å². The number of piperidine rings is 1. The number of H-pyrrole nitrogens is 2. The first-order valence-electron chi connectivity index (χ1n) is 4.91. The van der Waals surface area contributed by atoms with Gasteiger partial charge in [0.2, 0.25) is 0 Å². The predicted octanol–water partition coefficient (Wildman–Crippen LogP) is 0.293. The molecule has 0 aromatic carbocycles. The predicted molar refractivity (Wildman–Crippen MR) is 60.2 cm³/mol. The van der Waals surface area contributed by atoms with Crippen LogP contribution in [0, 0.1) is 0 Å². The smallest absolute Gasteiger partial charge is 0.316 e. The van der Waals surface area contributed by atoms with E-state index in [9.17, 15) is 9.59 Å². The van der Waals surface area contributed by atoms with E-state index in [0.29, 0.717) is 10.2 Å². The molecule has 1 saturated heterocycles. The zero-order chi connectivity index (χ0) is 10.8.